The molecule has 0 spiro atoms. The van der Waals surface area contributed by atoms with E-state index in [-0.39, 0.29) is 4.63 Å². The average Bonchev–Trinajstić information content (AvgIpc) is 2.42. The maximum atomic E-state index is 5.37. The van der Waals surface area contributed by atoms with Crippen molar-refractivity contribution in [2.45, 2.75) is 19.3 Å². The minimum Gasteiger partial charge on any atom is -0.393 e. The fraction of sp³-hybridized carbons (Fsp3) is 0.889. The van der Waals surface area contributed by atoms with Gasteiger partial charge in [-0.1, -0.05) is 5.16 Å². The molecule has 0 saturated carbocycles. The van der Waals surface area contributed by atoms with Gasteiger partial charge >= 0.3 is 0 Å². The van der Waals surface area contributed by atoms with Crippen molar-refractivity contribution in [3.8, 4) is 0 Å². The van der Waals surface area contributed by atoms with Crippen molar-refractivity contribution in [2.24, 2.45) is 10.6 Å². The van der Waals surface area contributed by atoms with Crippen LogP contribution in [0.3, 0.4) is 0 Å². The van der Waals surface area contributed by atoms with Crippen LogP contribution in [0, 0.1) is 5.41 Å². The lowest BCUT2D eigenvalue weighted by atomic mass is 9.82. The summed E-state index contributed by atoms with van der Waals surface area (Å²) in [6.07, 6.45) is 3.71. The van der Waals surface area contributed by atoms with Crippen LogP contribution in [0.15, 0.2) is 5.16 Å². The van der Waals surface area contributed by atoms with E-state index in [0.29, 0.717) is 12.0 Å². The van der Waals surface area contributed by atoms with Gasteiger partial charge in [-0.15, -0.1) is 0 Å². The van der Waals surface area contributed by atoms with Crippen molar-refractivity contribution < 1.29 is 4.84 Å². The number of hydrogen-bond donors (Lipinski definition) is 0. The summed E-state index contributed by atoms with van der Waals surface area (Å²) in [7, 11) is 0. The van der Waals surface area contributed by atoms with Gasteiger partial charge in [-0.2, -0.15) is 0 Å². The molecule has 2 atom stereocenters. The zero-order chi connectivity index (χ0) is 10.0. The Balaban J connectivity index is 1.87. The van der Waals surface area contributed by atoms with Crippen molar-refractivity contribution in [1.82, 2.24) is 4.90 Å². The third-order valence-corrected chi connectivity index (χ3v) is 3.34. The summed E-state index contributed by atoms with van der Waals surface area (Å²) in [6.45, 7) is 4.22. The molecule has 14 heavy (non-hydrogen) atoms. The lowest BCUT2D eigenvalue weighted by Crippen LogP contribution is -2.36. The maximum absolute atomic E-state index is 5.37. The number of fused-ring (bicyclic) bond motifs is 2. The molecule has 2 bridgehead atoms. The quantitative estimate of drug-likeness (QED) is 0.555. The van der Waals surface area contributed by atoms with Crippen molar-refractivity contribution >= 4 is 27.8 Å². The van der Waals surface area contributed by atoms with Crippen LogP contribution >= 0.6 is 23.2 Å². The van der Waals surface area contributed by atoms with Crippen molar-refractivity contribution in [3.63, 3.8) is 0 Å². The summed E-state index contributed by atoms with van der Waals surface area (Å²) in [5, 5.41) is 3.56. The summed E-state index contributed by atoms with van der Waals surface area (Å²) < 4.78 is -0.0490. The van der Waals surface area contributed by atoms with Gasteiger partial charge in [-0.3, -0.25) is 0 Å². The van der Waals surface area contributed by atoms with E-state index in [4.69, 9.17) is 28.0 Å². The highest BCUT2D eigenvalue weighted by Crippen LogP contribution is 2.39. The average molecular weight is 237 g/mol. The normalized spacial score (nSPS) is 35.4. The van der Waals surface area contributed by atoms with Crippen LogP contribution in [-0.2, 0) is 4.84 Å². The molecular weight excluding hydrogens is 223 g/mol. The van der Waals surface area contributed by atoms with Crippen LogP contribution in [0.25, 0.3) is 0 Å². The Morgan fingerprint density at radius 2 is 2.21 bits per heavy atom. The molecule has 2 aliphatic heterocycles. The smallest absolute Gasteiger partial charge is 0.235 e. The first-order valence-corrected chi connectivity index (χ1v) is 5.69. The molecule has 0 amide bonds. The number of halogens is 2. The van der Waals surface area contributed by atoms with Crippen LogP contribution in [0.1, 0.15) is 19.3 Å². The largest absolute Gasteiger partial charge is 0.393 e. The molecule has 2 rings (SSSR count). The minimum absolute atomic E-state index is 0.0490. The standard InChI is InChI=1S/C9H14Cl2N2O/c10-8(11)12-14-7-9-2-1-4-13(6-9)5-3-9/h1-7H2. The Hall–Kier alpha value is 0.01000. The van der Waals surface area contributed by atoms with Gasteiger partial charge in [0.25, 0.3) is 0 Å². The lowest BCUT2D eigenvalue weighted by Gasteiger charge is -2.32. The number of rotatable bonds is 3. The molecule has 80 valence electrons. The molecule has 0 aromatic carbocycles. The van der Waals surface area contributed by atoms with Gasteiger partial charge in [-0.05, 0) is 55.6 Å². The van der Waals surface area contributed by atoms with Gasteiger partial charge < -0.3 is 9.74 Å². The van der Waals surface area contributed by atoms with Crippen LogP contribution < -0.4 is 0 Å². The van der Waals surface area contributed by atoms with E-state index < -0.39 is 0 Å². The zero-order valence-electron chi connectivity index (χ0n) is 8.01. The van der Waals surface area contributed by atoms with Crippen LogP contribution in [0.4, 0.5) is 0 Å². The second-order valence-electron chi connectivity index (χ2n) is 4.23. The van der Waals surface area contributed by atoms with Crippen LogP contribution in [0.2, 0.25) is 0 Å². The summed E-state index contributed by atoms with van der Waals surface area (Å²) in [5.74, 6) is 0. The van der Waals surface area contributed by atoms with Gasteiger partial charge in [0.1, 0.15) is 6.61 Å². The van der Waals surface area contributed by atoms with Crippen molar-refractivity contribution in [2.75, 3.05) is 26.2 Å². The third kappa shape index (κ3) is 2.33. The second kappa shape index (κ2) is 4.25. The van der Waals surface area contributed by atoms with Gasteiger partial charge in [0.05, 0.1) is 0 Å². The lowest BCUT2D eigenvalue weighted by molar-refractivity contribution is 0.0339. The molecule has 0 aliphatic carbocycles. The molecule has 2 fully saturated rings. The first kappa shape index (κ1) is 10.5. The molecule has 5 heteroatoms. The van der Waals surface area contributed by atoms with Crippen LogP contribution in [-0.4, -0.2) is 35.8 Å². The fourth-order valence-corrected chi connectivity index (χ4v) is 2.61. The van der Waals surface area contributed by atoms with Gasteiger partial charge in [0, 0.05) is 12.0 Å². The molecular formula is C9H14Cl2N2O. The maximum Gasteiger partial charge on any atom is 0.235 e. The monoisotopic (exact) mass is 236 g/mol. The van der Waals surface area contributed by atoms with Gasteiger partial charge in [-0.25, -0.2) is 0 Å². The minimum atomic E-state index is -0.0490. The van der Waals surface area contributed by atoms with E-state index in [0.717, 1.165) is 6.54 Å². The molecule has 3 nitrogen and oxygen atoms in total. The summed E-state index contributed by atoms with van der Waals surface area (Å²) in [5.41, 5.74) is 0.310. The number of oxime groups is 1. The number of hydrogen-bond acceptors (Lipinski definition) is 3. The Kier molecular flexibility index (Phi) is 3.20. The topological polar surface area (TPSA) is 24.8 Å². The summed E-state index contributed by atoms with van der Waals surface area (Å²) in [4.78, 5) is 7.64. The molecule has 0 N–H and O–H groups in total. The molecule has 2 heterocycles. The van der Waals surface area contributed by atoms with E-state index >= 15 is 0 Å². The first-order chi connectivity index (χ1) is 6.70. The van der Waals surface area contributed by atoms with Crippen LogP contribution in [0.5, 0.6) is 0 Å². The SMILES string of the molecule is ClC(Cl)=NOCC12CCCN(CC1)C2. The zero-order valence-corrected chi connectivity index (χ0v) is 9.52. The molecule has 2 aliphatic rings. The molecule has 0 aromatic heterocycles. The highest BCUT2D eigenvalue weighted by atomic mass is 35.5. The number of nitrogens with zero attached hydrogens (tertiary/aromatic N) is 2. The van der Waals surface area contributed by atoms with Gasteiger partial charge in [0.15, 0.2) is 0 Å². The first-order valence-electron chi connectivity index (χ1n) is 4.94. The molecule has 2 saturated heterocycles. The Morgan fingerprint density at radius 1 is 1.36 bits per heavy atom. The Labute approximate surface area is 94.0 Å². The Bertz CT molecular complexity index is 239. The predicted molar refractivity (Wildman–Crippen MR) is 57.8 cm³/mol. The van der Waals surface area contributed by atoms with Gasteiger partial charge in [0.2, 0.25) is 4.63 Å². The van der Waals surface area contributed by atoms with E-state index in [1.165, 1.54) is 32.4 Å². The number of piperidine rings is 1. The predicted octanol–water partition coefficient (Wildman–Crippen LogP) is 2.24. The third-order valence-electron chi connectivity index (χ3n) is 3.20. The fourth-order valence-electron chi connectivity index (χ4n) is 2.51. The summed E-state index contributed by atoms with van der Waals surface area (Å²) >= 11 is 10.7. The second-order valence-corrected chi connectivity index (χ2v) is 5.14. The molecule has 2 unspecified atom stereocenters. The van der Waals surface area contributed by atoms with E-state index in [2.05, 4.69) is 10.1 Å². The highest BCUT2D eigenvalue weighted by molar-refractivity contribution is 6.95. The van der Waals surface area contributed by atoms with E-state index in [9.17, 15) is 0 Å². The summed E-state index contributed by atoms with van der Waals surface area (Å²) in [6, 6.07) is 0. The highest BCUT2D eigenvalue weighted by Gasteiger charge is 2.41. The Morgan fingerprint density at radius 3 is 3.00 bits per heavy atom. The van der Waals surface area contributed by atoms with Crippen molar-refractivity contribution in [1.29, 1.82) is 0 Å². The van der Waals surface area contributed by atoms with Crippen molar-refractivity contribution in [3.05, 3.63) is 0 Å². The van der Waals surface area contributed by atoms with E-state index in [1.807, 2.05) is 0 Å². The molecule has 0 radical (unpaired) electrons. The van der Waals surface area contributed by atoms with E-state index in [1.54, 1.807) is 0 Å². The molecule has 0 aromatic rings.